The number of hydrogen-bond acceptors (Lipinski definition) is 4. The van der Waals surface area contributed by atoms with Crippen molar-refractivity contribution in [2.45, 2.75) is 43.7 Å². The first-order valence-electron chi connectivity index (χ1n) is 8.20. The zero-order valence-electron chi connectivity index (χ0n) is 12.9. The fourth-order valence-electron chi connectivity index (χ4n) is 3.79. The van der Waals surface area contributed by atoms with Gasteiger partial charge in [-0.05, 0) is 32.1 Å². The summed E-state index contributed by atoms with van der Waals surface area (Å²) >= 11 is 0. The van der Waals surface area contributed by atoms with Crippen LogP contribution in [0.25, 0.3) is 11.3 Å². The lowest BCUT2D eigenvalue weighted by atomic mass is 9.69. The van der Waals surface area contributed by atoms with Crippen LogP contribution in [0.1, 0.15) is 42.6 Å². The Balaban J connectivity index is 1.58. The summed E-state index contributed by atoms with van der Waals surface area (Å²) in [4.78, 5) is 14.8. The molecule has 2 aromatic rings. The summed E-state index contributed by atoms with van der Waals surface area (Å²) in [6.07, 6.45) is 4.08. The number of benzene rings is 1. The number of amides is 1. The summed E-state index contributed by atoms with van der Waals surface area (Å²) in [5, 5.41) is 13.9. The largest absolute Gasteiger partial charge is 0.393 e. The SMILES string of the molecule is O=C(c1cc(-c2ccccc2)on1)N1CCC(O)CC12CCC2. The lowest BCUT2D eigenvalue weighted by Gasteiger charge is -2.54. The molecule has 2 aliphatic rings. The van der Waals surface area contributed by atoms with E-state index in [0.717, 1.165) is 24.8 Å². The summed E-state index contributed by atoms with van der Waals surface area (Å²) in [6, 6.07) is 11.4. The molecule has 1 aromatic heterocycles. The summed E-state index contributed by atoms with van der Waals surface area (Å²) < 4.78 is 5.36. The van der Waals surface area contributed by atoms with Crippen LogP contribution in [0.5, 0.6) is 0 Å². The Kier molecular flexibility index (Phi) is 3.45. The number of rotatable bonds is 2. The van der Waals surface area contributed by atoms with Gasteiger partial charge in [-0.1, -0.05) is 35.5 Å². The minimum absolute atomic E-state index is 0.0810. The van der Waals surface area contributed by atoms with Crippen molar-refractivity contribution in [2.75, 3.05) is 6.54 Å². The average Bonchev–Trinajstić information content (AvgIpc) is 3.03. The standard InChI is InChI=1S/C18H20N2O3/c21-14-7-10-20(18(12-14)8-4-9-18)17(22)15-11-16(23-19-15)13-5-2-1-3-6-13/h1-3,5-6,11,14,21H,4,7-10,12H2. The Bertz CT molecular complexity index is 706. The molecule has 5 heteroatoms. The third kappa shape index (κ3) is 2.45. The first-order chi connectivity index (χ1) is 11.2. The molecular formula is C18H20N2O3. The van der Waals surface area contributed by atoms with Gasteiger partial charge in [0.2, 0.25) is 0 Å². The van der Waals surface area contributed by atoms with Crippen LogP contribution >= 0.6 is 0 Å². The minimum atomic E-state index is -0.295. The van der Waals surface area contributed by atoms with Crippen molar-refractivity contribution < 1.29 is 14.4 Å². The van der Waals surface area contributed by atoms with Gasteiger partial charge in [0.05, 0.1) is 6.10 Å². The molecule has 1 saturated carbocycles. The van der Waals surface area contributed by atoms with E-state index in [1.807, 2.05) is 35.2 Å². The second kappa shape index (κ2) is 5.49. The molecule has 1 atom stereocenters. The lowest BCUT2D eigenvalue weighted by molar-refractivity contribution is -0.0488. The maximum absolute atomic E-state index is 12.9. The average molecular weight is 312 g/mol. The number of likely N-dealkylation sites (tertiary alicyclic amines) is 1. The molecule has 2 fully saturated rings. The van der Waals surface area contributed by atoms with Crippen molar-refractivity contribution in [3.8, 4) is 11.3 Å². The van der Waals surface area contributed by atoms with Crippen LogP contribution in [0.15, 0.2) is 40.9 Å². The second-order valence-corrected chi connectivity index (χ2v) is 6.62. The number of nitrogens with zero attached hydrogens (tertiary/aromatic N) is 2. The molecule has 0 bridgehead atoms. The van der Waals surface area contributed by atoms with Gasteiger partial charge in [0.25, 0.3) is 5.91 Å². The van der Waals surface area contributed by atoms with Gasteiger partial charge in [0, 0.05) is 23.7 Å². The van der Waals surface area contributed by atoms with E-state index in [0.29, 0.717) is 30.8 Å². The Hall–Kier alpha value is -2.14. The molecule has 120 valence electrons. The third-order valence-corrected chi connectivity index (χ3v) is 5.19. The van der Waals surface area contributed by atoms with E-state index in [-0.39, 0.29) is 17.6 Å². The van der Waals surface area contributed by atoms with E-state index in [1.165, 1.54) is 0 Å². The zero-order valence-corrected chi connectivity index (χ0v) is 12.9. The summed E-state index contributed by atoms with van der Waals surface area (Å²) in [5.41, 5.74) is 1.10. The first kappa shape index (κ1) is 14.5. The maximum Gasteiger partial charge on any atom is 0.276 e. The van der Waals surface area contributed by atoms with E-state index in [1.54, 1.807) is 6.07 Å². The van der Waals surface area contributed by atoms with Crippen molar-refractivity contribution >= 4 is 5.91 Å². The van der Waals surface area contributed by atoms with E-state index >= 15 is 0 Å². The molecule has 4 rings (SSSR count). The molecule has 1 saturated heterocycles. The number of piperidine rings is 1. The van der Waals surface area contributed by atoms with E-state index in [4.69, 9.17) is 4.52 Å². The third-order valence-electron chi connectivity index (χ3n) is 5.19. The summed E-state index contributed by atoms with van der Waals surface area (Å²) in [7, 11) is 0. The molecule has 2 heterocycles. The van der Waals surface area contributed by atoms with Gasteiger partial charge in [-0.2, -0.15) is 0 Å². The van der Waals surface area contributed by atoms with Crippen LogP contribution in [-0.4, -0.2) is 39.3 Å². The predicted molar refractivity (Wildman–Crippen MR) is 84.8 cm³/mol. The quantitative estimate of drug-likeness (QED) is 0.926. The zero-order chi connectivity index (χ0) is 15.9. The van der Waals surface area contributed by atoms with Crippen molar-refractivity contribution in [2.24, 2.45) is 0 Å². The number of carbonyl (C=O) groups excluding carboxylic acids is 1. The Morgan fingerprint density at radius 3 is 2.78 bits per heavy atom. The van der Waals surface area contributed by atoms with Crippen LogP contribution < -0.4 is 0 Å². The number of aliphatic hydroxyl groups excluding tert-OH is 1. The fraction of sp³-hybridized carbons (Fsp3) is 0.444. The number of carbonyl (C=O) groups is 1. The topological polar surface area (TPSA) is 66.6 Å². The Morgan fingerprint density at radius 1 is 1.30 bits per heavy atom. The number of aromatic nitrogens is 1. The van der Waals surface area contributed by atoms with E-state index < -0.39 is 0 Å². The van der Waals surface area contributed by atoms with E-state index in [2.05, 4.69) is 5.16 Å². The van der Waals surface area contributed by atoms with Gasteiger partial charge < -0.3 is 14.5 Å². The van der Waals surface area contributed by atoms with Crippen molar-refractivity contribution in [3.05, 3.63) is 42.1 Å². The Morgan fingerprint density at radius 2 is 2.09 bits per heavy atom. The van der Waals surface area contributed by atoms with Gasteiger partial charge in [-0.15, -0.1) is 0 Å². The first-order valence-corrected chi connectivity index (χ1v) is 8.20. The highest BCUT2D eigenvalue weighted by atomic mass is 16.5. The monoisotopic (exact) mass is 312 g/mol. The van der Waals surface area contributed by atoms with Gasteiger partial charge in [0.15, 0.2) is 11.5 Å². The molecule has 1 amide bonds. The smallest absolute Gasteiger partial charge is 0.276 e. The van der Waals surface area contributed by atoms with Gasteiger partial charge in [-0.3, -0.25) is 4.79 Å². The van der Waals surface area contributed by atoms with Gasteiger partial charge in [0.1, 0.15) is 0 Å². The molecule has 5 nitrogen and oxygen atoms in total. The molecule has 0 radical (unpaired) electrons. The molecule has 1 aromatic carbocycles. The second-order valence-electron chi connectivity index (χ2n) is 6.62. The predicted octanol–water partition coefficient (Wildman–Crippen LogP) is 2.86. The Labute approximate surface area is 134 Å². The van der Waals surface area contributed by atoms with Crippen molar-refractivity contribution in [1.29, 1.82) is 0 Å². The molecular weight excluding hydrogens is 292 g/mol. The molecule has 1 unspecified atom stereocenters. The lowest BCUT2D eigenvalue weighted by Crippen LogP contribution is -2.61. The highest BCUT2D eigenvalue weighted by molar-refractivity contribution is 5.93. The van der Waals surface area contributed by atoms with E-state index in [9.17, 15) is 9.90 Å². The summed E-state index contributed by atoms with van der Waals surface area (Å²) in [5.74, 6) is 0.524. The number of aliphatic hydroxyl groups is 1. The molecule has 23 heavy (non-hydrogen) atoms. The fourth-order valence-corrected chi connectivity index (χ4v) is 3.79. The van der Waals surface area contributed by atoms with Crippen molar-refractivity contribution in [3.63, 3.8) is 0 Å². The van der Waals surface area contributed by atoms with Crippen LogP contribution in [-0.2, 0) is 0 Å². The normalized spacial score (nSPS) is 22.8. The summed E-state index contributed by atoms with van der Waals surface area (Å²) in [6.45, 7) is 0.591. The van der Waals surface area contributed by atoms with Crippen LogP contribution in [0.2, 0.25) is 0 Å². The molecule has 1 N–H and O–H groups in total. The molecule has 1 spiro atoms. The highest BCUT2D eigenvalue weighted by Gasteiger charge is 2.48. The van der Waals surface area contributed by atoms with Crippen LogP contribution in [0.4, 0.5) is 0 Å². The molecule has 1 aliphatic heterocycles. The molecule has 1 aliphatic carbocycles. The van der Waals surface area contributed by atoms with Crippen LogP contribution in [0, 0.1) is 0 Å². The number of hydrogen-bond donors (Lipinski definition) is 1. The van der Waals surface area contributed by atoms with Crippen molar-refractivity contribution in [1.82, 2.24) is 10.1 Å². The van der Waals surface area contributed by atoms with Gasteiger partial charge >= 0.3 is 0 Å². The van der Waals surface area contributed by atoms with Gasteiger partial charge in [-0.25, -0.2) is 0 Å². The highest BCUT2D eigenvalue weighted by Crippen LogP contribution is 2.45. The minimum Gasteiger partial charge on any atom is -0.393 e. The maximum atomic E-state index is 12.9. The van der Waals surface area contributed by atoms with Crippen LogP contribution in [0.3, 0.4) is 0 Å².